The molecule has 4 aromatic carbocycles. The number of nitrogens with two attached hydrogens (primary N) is 2. The standard InChI is InChI=1S/C26H23FN8OS.C25H21FN8O2S.BBr3/c1-13-8-16(10-17(27)9-13)22-21-23(28)29-12-30-24(21)34(32-22)11-19-31-25-20(15(3)33-37-25)26(36)35(19)18-7-5-4-6-14(18)2;1-12-5-3-4-6-17(12)34-18(30-24-19(25(34)36)13(2)32-37-24)10-33-23-20(22(27)28-11-29-23)21(31-33)14-7-15(26)9-16(35)8-14;2-1(3)4/h4-10,12,22,32H,11H2,1-3H3,(H2,28,29,30);3-9,11,21,31,35H,10H2,1-2H3,(H2,27,28,29);. The largest absolute Gasteiger partial charge is 0.508 e. The average molecular weight is 1280 g/mol. The van der Waals surface area contributed by atoms with Crippen LogP contribution in [0.2, 0.25) is 0 Å². The summed E-state index contributed by atoms with van der Waals surface area (Å²) in [6.45, 7) is 9.63. The topological polar surface area (TPSA) is 250 Å². The molecule has 0 saturated heterocycles. The van der Waals surface area contributed by atoms with Gasteiger partial charge in [0, 0.05) is 6.07 Å². The van der Waals surface area contributed by atoms with Crippen LogP contribution in [0.15, 0.2) is 107 Å². The lowest BCUT2D eigenvalue weighted by atomic mass is 9.99. The van der Waals surface area contributed by atoms with Crippen LogP contribution in [0.4, 0.5) is 32.1 Å². The van der Waals surface area contributed by atoms with Crippen LogP contribution in [-0.2, 0) is 13.1 Å². The predicted molar refractivity (Wildman–Crippen MR) is 312 cm³/mol. The fourth-order valence-electron chi connectivity index (χ4n) is 9.54. The SMILES string of the molecule is BrB(Br)Br.Cc1cc(F)cc(C2NN(Cc3nc4snc(C)c4c(=O)n3-c3ccccc3C)c3ncnc(N)c32)c1.Cc1ccccc1-n1c(CN2NC(c3cc(O)cc(F)c3)c3c(N)ncnc32)nc2snc(C)c2c1=O. The maximum absolute atomic E-state index is 14.3. The van der Waals surface area contributed by atoms with E-state index in [4.69, 9.17) is 21.4 Å². The van der Waals surface area contributed by atoms with Gasteiger partial charge in [-0.1, -0.05) is 42.5 Å². The molecule has 0 radical (unpaired) electrons. The molecule has 0 aliphatic carbocycles. The number of aromatic nitrogens is 10. The highest BCUT2D eigenvalue weighted by Crippen LogP contribution is 2.41. The third-order valence-electron chi connectivity index (χ3n) is 12.9. The molecule has 2 unspecified atom stereocenters. The van der Waals surface area contributed by atoms with Crippen LogP contribution in [0.5, 0.6) is 5.75 Å². The highest BCUT2D eigenvalue weighted by Gasteiger charge is 2.37. The van der Waals surface area contributed by atoms with Crippen molar-refractivity contribution in [3.05, 3.63) is 192 Å². The number of aromatic hydroxyl groups is 1. The fraction of sp³-hybridized carbons (Fsp3) is 0.176. The summed E-state index contributed by atoms with van der Waals surface area (Å²) in [5.41, 5.74) is 26.5. The third kappa shape index (κ3) is 10.6. The maximum atomic E-state index is 14.3. The van der Waals surface area contributed by atoms with Crippen molar-refractivity contribution in [1.29, 1.82) is 0 Å². The van der Waals surface area contributed by atoms with E-state index in [0.29, 0.717) is 88.9 Å². The first kappa shape index (κ1) is 54.2. The van der Waals surface area contributed by atoms with Gasteiger partial charge in [-0.05, 0) is 122 Å². The summed E-state index contributed by atoms with van der Waals surface area (Å²) in [4.78, 5) is 55.5. The Bertz CT molecular complexity index is 3790. The fourth-order valence-corrected chi connectivity index (χ4v) is 11.1. The number of aryl methyl sites for hydroxylation is 5. The first-order valence-corrected chi connectivity index (χ1v) is 28.0. The third-order valence-corrected chi connectivity index (χ3v) is 14.6. The summed E-state index contributed by atoms with van der Waals surface area (Å²) in [5, 5.41) is 14.5. The number of anilines is 4. The number of nitrogen functional groups attached to an aromatic ring is 2. The zero-order valence-electron chi connectivity index (χ0n) is 41.9. The van der Waals surface area contributed by atoms with Crippen LogP contribution in [0.3, 0.4) is 0 Å². The Balaban J connectivity index is 0.000000165. The molecule has 2 aliphatic heterocycles. The summed E-state index contributed by atoms with van der Waals surface area (Å²) < 4.78 is 40.7. The number of para-hydroxylation sites is 2. The van der Waals surface area contributed by atoms with E-state index < -0.39 is 17.9 Å². The van der Waals surface area contributed by atoms with Gasteiger partial charge in [0.2, 0.25) is 0 Å². The Labute approximate surface area is 476 Å². The molecule has 12 rings (SSSR count). The molecule has 0 bridgehead atoms. The summed E-state index contributed by atoms with van der Waals surface area (Å²) in [7, 11) is 0. The molecule has 2 aliphatic rings. The van der Waals surface area contributed by atoms with E-state index in [-0.39, 0.29) is 44.8 Å². The van der Waals surface area contributed by atoms with Gasteiger partial charge in [-0.3, -0.25) is 28.7 Å². The van der Waals surface area contributed by atoms with Crippen LogP contribution >= 0.6 is 70.3 Å². The summed E-state index contributed by atoms with van der Waals surface area (Å²) in [6.07, 6.45) is 2.73. The van der Waals surface area contributed by atoms with E-state index >= 15 is 0 Å². The minimum atomic E-state index is -0.634. The Hall–Kier alpha value is -7.14. The Morgan fingerprint density at radius 1 is 0.628 bits per heavy atom. The van der Waals surface area contributed by atoms with Gasteiger partial charge >= 0.3 is 3.18 Å². The van der Waals surface area contributed by atoms with Crippen molar-refractivity contribution < 1.29 is 13.9 Å². The number of hydrazine groups is 2. The van der Waals surface area contributed by atoms with Gasteiger partial charge in [0.1, 0.15) is 64.1 Å². The lowest BCUT2D eigenvalue weighted by Gasteiger charge is -2.22. The second-order valence-corrected chi connectivity index (χ2v) is 26.1. The van der Waals surface area contributed by atoms with E-state index in [2.05, 4.69) is 86.8 Å². The summed E-state index contributed by atoms with van der Waals surface area (Å²) in [6, 6.07) is 22.8. The van der Waals surface area contributed by atoms with Gasteiger partial charge in [0.15, 0.2) is 21.3 Å². The molecule has 19 nitrogen and oxygen atoms in total. The number of nitrogens with zero attached hydrogens (tertiary/aromatic N) is 12. The molecule has 0 spiro atoms. The van der Waals surface area contributed by atoms with Crippen molar-refractivity contribution in [2.45, 2.75) is 59.8 Å². The number of hydrogen-bond acceptors (Lipinski definition) is 19. The average Bonchev–Trinajstić information content (AvgIpc) is 4.16. The quantitative estimate of drug-likeness (QED) is 0.0889. The van der Waals surface area contributed by atoms with Crippen LogP contribution in [0.25, 0.3) is 31.8 Å². The van der Waals surface area contributed by atoms with Crippen LogP contribution in [0, 0.1) is 46.3 Å². The Morgan fingerprint density at radius 3 is 1.47 bits per heavy atom. The highest BCUT2D eigenvalue weighted by molar-refractivity contribution is 9.69. The van der Waals surface area contributed by atoms with Crippen molar-refractivity contribution in [1.82, 2.24) is 58.6 Å². The molecule has 0 fully saturated rings. The van der Waals surface area contributed by atoms with Gasteiger partial charge in [0.25, 0.3) is 11.1 Å². The number of hydrogen-bond donors (Lipinski definition) is 5. The number of benzene rings is 4. The minimum Gasteiger partial charge on any atom is -0.508 e. The van der Waals surface area contributed by atoms with E-state index in [1.54, 1.807) is 26.1 Å². The van der Waals surface area contributed by atoms with Gasteiger partial charge in [-0.2, -0.15) is 8.75 Å². The van der Waals surface area contributed by atoms with E-state index in [0.717, 1.165) is 28.4 Å². The Kier molecular flexibility index (Phi) is 15.5. The van der Waals surface area contributed by atoms with Gasteiger partial charge in [0.05, 0.1) is 59.1 Å². The molecule has 8 heterocycles. The normalized spacial score (nSPS) is 14.5. The number of nitrogens with one attached hydrogen (secondary N) is 2. The number of rotatable bonds is 8. The van der Waals surface area contributed by atoms with Crippen molar-refractivity contribution >= 4 is 117 Å². The van der Waals surface area contributed by atoms with Crippen LogP contribution < -0.4 is 43.5 Å². The van der Waals surface area contributed by atoms with Crippen molar-refractivity contribution in [3.63, 3.8) is 0 Å². The summed E-state index contributed by atoms with van der Waals surface area (Å²) in [5.74, 6) is 1.33. The van der Waals surface area contributed by atoms with Crippen LogP contribution in [-0.4, -0.2) is 56.1 Å². The van der Waals surface area contributed by atoms with Gasteiger partial charge in [-0.15, -0.1) is 47.3 Å². The minimum absolute atomic E-state index is 0.123. The van der Waals surface area contributed by atoms with E-state index in [1.165, 1.54) is 60.0 Å². The number of fused-ring (bicyclic) bond motifs is 4. The molecule has 7 N–H and O–H groups in total. The zero-order chi connectivity index (χ0) is 55.3. The summed E-state index contributed by atoms with van der Waals surface area (Å²) >= 11 is 11.7. The molecule has 0 amide bonds. The van der Waals surface area contributed by atoms with Crippen molar-refractivity contribution in [3.8, 4) is 17.1 Å². The molecule has 2 atom stereocenters. The molecule has 6 aromatic heterocycles. The van der Waals surface area contributed by atoms with Crippen LogP contribution in [0.1, 0.15) is 74.1 Å². The molecule has 0 saturated carbocycles. The smallest absolute Gasteiger partial charge is 0.369 e. The van der Waals surface area contributed by atoms with Crippen molar-refractivity contribution in [2.75, 3.05) is 21.5 Å². The second kappa shape index (κ2) is 22.3. The molecule has 10 aromatic rings. The predicted octanol–water partition coefficient (Wildman–Crippen LogP) is 9.34. The number of phenolic OH excluding ortho intramolecular Hbond substituents is 1. The van der Waals surface area contributed by atoms with Gasteiger partial charge in [-0.25, -0.2) is 49.5 Å². The lowest BCUT2D eigenvalue weighted by Crippen LogP contribution is -2.37. The van der Waals surface area contributed by atoms with E-state index in [9.17, 15) is 23.5 Å². The van der Waals surface area contributed by atoms with E-state index in [1.807, 2.05) is 82.3 Å². The lowest BCUT2D eigenvalue weighted by molar-refractivity contribution is 0.466. The number of phenols is 1. The molecule has 78 heavy (non-hydrogen) atoms. The molecule has 396 valence electrons. The highest BCUT2D eigenvalue weighted by atomic mass is 79.9. The number of halogens is 5. The zero-order valence-corrected chi connectivity index (χ0v) is 48.3. The molecule has 27 heteroatoms. The first-order valence-electron chi connectivity index (χ1n) is 23.7. The first-order chi connectivity index (χ1) is 37.4. The molecular formula is C51H44BBr3F2N16O3S2. The Morgan fingerprint density at radius 2 is 1.05 bits per heavy atom. The second-order valence-electron chi connectivity index (χ2n) is 18.1. The maximum Gasteiger partial charge on any atom is 0.369 e. The monoisotopic (exact) mass is 1280 g/mol. The van der Waals surface area contributed by atoms with Crippen molar-refractivity contribution in [2.24, 2.45) is 0 Å². The molecular weight excluding hydrogens is 1240 g/mol. The van der Waals surface area contributed by atoms with Gasteiger partial charge < -0.3 is 16.6 Å².